The van der Waals surface area contributed by atoms with Gasteiger partial charge in [0.15, 0.2) is 0 Å². The lowest BCUT2D eigenvalue weighted by molar-refractivity contribution is -0.129. The van der Waals surface area contributed by atoms with Crippen molar-refractivity contribution in [2.24, 2.45) is 0 Å². The Morgan fingerprint density at radius 3 is 2.52 bits per heavy atom. The van der Waals surface area contributed by atoms with Crippen molar-refractivity contribution in [2.75, 3.05) is 36.5 Å². The highest BCUT2D eigenvalue weighted by atomic mass is 16.6. The molecule has 3 saturated heterocycles. The maximum absolute atomic E-state index is 13.5. The quantitative estimate of drug-likeness (QED) is 0.479. The molecule has 3 aliphatic heterocycles. The smallest absolute Gasteiger partial charge is 0.410 e. The molecule has 0 radical (unpaired) electrons. The largest absolute Gasteiger partial charge is 0.497 e. The number of pyridine rings is 1. The zero-order chi connectivity index (χ0) is 28.2. The Hall–Kier alpha value is -4.28. The first-order valence-electron chi connectivity index (χ1n) is 13.6. The van der Waals surface area contributed by atoms with Gasteiger partial charge in [0.05, 0.1) is 25.9 Å². The Balaban J connectivity index is 1.17. The highest BCUT2D eigenvalue weighted by molar-refractivity contribution is 6.05. The number of amides is 4. The van der Waals surface area contributed by atoms with Crippen LogP contribution in [0.5, 0.6) is 5.75 Å². The summed E-state index contributed by atoms with van der Waals surface area (Å²) in [7, 11) is 1.60. The molecule has 11 heteroatoms. The number of nitrogens with zero attached hydrogens (tertiary/aromatic N) is 6. The van der Waals surface area contributed by atoms with Crippen LogP contribution in [0, 0.1) is 0 Å². The maximum atomic E-state index is 13.5. The van der Waals surface area contributed by atoms with Crippen molar-refractivity contribution < 1.29 is 23.9 Å². The molecule has 2 aromatic heterocycles. The number of anilines is 2. The van der Waals surface area contributed by atoms with Crippen molar-refractivity contribution in [1.29, 1.82) is 0 Å². The summed E-state index contributed by atoms with van der Waals surface area (Å²) in [5, 5.41) is 0. The molecular formula is C29H34N6O5. The predicted molar refractivity (Wildman–Crippen MR) is 149 cm³/mol. The van der Waals surface area contributed by atoms with Gasteiger partial charge in [0, 0.05) is 50.0 Å². The summed E-state index contributed by atoms with van der Waals surface area (Å²) >= 11 is 0. The van der Waals surface area contributed by atoms with Gasteiger partial charge in [-0.05, 0) is 51.0 Å². The van der Waals surface area contributed by atoms with Crippen molar-refractivity contribution >= 4 is 35.2 Å². The number of imidazole rings is 1. The number of carbonyl (C=O) groups excluding carboxylic acids is 3. The van der Waals surface area contributed by atoms with Gasteiger partial charge in [0.1, 0.15) is 22.8 Å². The number of aromatic nitrogens is 2. The summed E-state index contributed by atoms with van der Waals surface area (Å²) in [5.41, 5.74) is 2.07. The fourth-order valence-corrected chi connectivity index (χ4v) is 5.83. The van der Waals surface area contributed by atoms with E-state index in [1.54, 1.807) is 18.2 Å². The normalized spacial score (nSPS) is 21.1. The van der Waals surface area contributed by atoms with E-state index in [0.29, 0.717) is 30.3 Å². The topological polar surface area (TPSA) is 99.9 Å². The molecule has 3 fully saturated rings. The number of benzene rings is 1. The molecule has 4 amide bonds. The van der Waals surface area contributed by atoms with Crippen LogP contribution >= 0.6 is 0 Å². The third-order valence-electron chi connectivity index (χ3n) is 7.77. The molecule has 0 unspecified atom stereocenters. The van der Waals surface area contributed by atoms with Crippen LogP contribution in [0.25, 0.3) is 5.65 Å². The fraction of sp³-hybridized carbons (Fsp3) is 0.448. The number of imide groups is 1. The lowest BCUT2D eigenvalue weighted by Crippen LogP contribution is -2.52. The van der Waals surface area contributed by atoms with Gasteiger partial charge in [-0.1, -0.05) is 12.1 Å². The molecule has 0 N–H and O–H groups in total. The number of hydrogen-bond donors (Lipinski definition) is 0. The van der Waals surface area contributed by atoms with Gasteiger partial charge in [-0.3, -0.25) is 19.0 Å². The third kappa shape index (κ3) is 4.69. The molecule has 40 heavy (non-hydrogen) atoms. The zero-order valence-corrected chi connectivity index (χ0v) is 23.2. The van der Waals surface area contributed by atoms with E-state index in [9.17, 15) is 14.4 Å². The molecule has 3 aromatic rings. The standard InChI is InChI=1S/C29H34N6O5/c1-29(2,3)40-28(38)34-18-21-13-22(34)17-33(21)20-9-11-31-24(14-20)30-15-25(31)32-12-10-26(36)35(27(32)37)16-19-5-7-23(39-4)8-6-19/h5-9,11,14-15,21-22H,10,12-13,16-18H2,1-4H3/t21-,22-/m0/s1. The summed E-state index contributed by atoms with van der Waals surface area (Å²) in [6, 6.07) is 11.3. The summed E-state index contributed by atoms with van der Waals surface area (Å²) in [4.78, 5) is 50.4. The average Bonchev–Trinajstić information content (AvgIpc) is 3.65. The number of likely N-dealkylation sites (tertiary alicyclic amines) is 1. The van der Waals surface area contributed by atoms with Crippen LogP contribution in [0.4, 0.5) is 21.1 Å². The van der Waals surface area contributed by atoms with Crippen LogP contribution < -0.4 is 14.5 Å². The number of hydrogen-bond acceptors (Lipinski definition) is 7. The Morgan fingerprint density at radius 2 is 1.85 bits per heavy atom. The summed E-state index contributed by atoms with van der Waals surface area (Å²) < 4.78 is 12.7. The van der Waals surface area contributed by atoms with E-state index < -0.39 is 5.60 Å². The number of rotatable bonds is 5. The second kappa shape index (κ2) is 9.72. The van der Waals surface area contributed by atoms with E-state index in [1.807, 2.05) is 72.7 Å². The molecule has 2 atom stereocenters. The van der Waals surface area contributed by atoms with E-state index in [2.05, 4.69) is 9.88 Å². The van der Waals surface area contributed by atoms with Crippen molar-refractivity contribution in [2.45, 2.75) is 57.8 Å². The Bertz CT molecular complexity index is 1460. The van der Waals surface area contributed by atoms with Gasteiger partial charge in [-0.15, -0.1) is 0 Å². The Labute approximate surface area is 232 Å². The number of urea groups is 1. The molecular weight excluding hydrogens is 512 g/mol. The van der Waals surface area contributed by atoms with Crippen LogP contribution in [0.1, 0.15) is 39.2 Å². The van der Waals surface area contributed by atoms with E-state index >= 15 is 0 Å². The minimum Gasteiger partial charge on any atom is -0.497 e. The molecule has 2 bridgehead atoms. The van der Waals surface area contributed by atoms with Crippen LogP contribution in [-0.4, -0.2) is 81.6 Å². The molecule has 5 heterocycles. The van der Waals surface area contributed by atoms with Gasteiger partial charge in [-0.2, -0.15) is 0 Å². The Kier molecular flexibility index (Phi) is 6.31. The lowest BCUT2D eigenvalue weighted by Gasteiger charge is -2.36. The lowest BCUT2D eigenvalue weighted by atomic mass is 10.2. The first kappa shape index (κ1) is 26.0. The monoisotopic (exact) mass is 546 g/mol. The fourth-order valence-electron chi connectivity index (χ4n) is 5.83. The third-order valence-corrected chi connectivity index (χ3v) is 7.77. The van der Waals surface area contributed by atoms with E-state index in [1.165, 1.54) is 4.90 Å². The predicted octanol–water partition coefficient (Wildman–Crippen LogP) is 3.90. The van der Waals surface area contributed by atoms with Crippen molar-refractivity contribution in [3.63, 3.8) is 0 Å². The van der Waals surface area contributed by atoms with Crippen LogP contribution in [-0.2, 0) is 16.1 Å². The van der Waals surface area contributed by atoms with Gasteiger partial charge >= 0.3 is 12.1 Å². The maximum Gasteiger partial charge on any atom is 0.410 e. The molecule has 0 spiro atoms. The second-order valence-electron chi connectivity index (χ2n) is 11.6. The molecule has 6 rings (SSSR count). The number of methoxy groups -OCH3 is 1. The van der Waals surface area contributed by atoms with Crippen molar-refractivity contribution in [3.8, 4) is 5.75 Å². The van der Waals surface area contributed by atoms with Gasteiger partial charge < -0.3 is 19.3 Å². The molecule has 3 aliphatic rings. The highest BCUT2D eigenvalue weighted by Gasteiger charge is 2.46. The summed E-state index contributed by atoms with van der Waals surface area (Å²) in [6.07, 6.45) is 4.49. The Morgan fingerprint density at radius 1 is 1.07 bits per heavy atom. The van der Waals surface area contributed by atoms with E-state index in [-0.39, 0.29) is 43.1 Å². The molecule has 1 aromatic carbocycles. The van der Waals surface area contributed by atoms with Crippen LogP contribution in [0.15, 0.2) is 48.8 Å². The number of piperazine rings is 1. The SMILES string of the molecule is COc1ccc(CN2C(=O)CCN(c3cnc4cc(N5C[C@@H]6C[C@H]5CN6C(=O)OC(C)(C)C)ccn34)C2=O)cc1. The molecule has 210 valence electrons. The minimum atomic E-state index is -0.516. The molecule has 0 saturated carbocycles. The highest BCUT2D eigenvalue weighted by Crippen LogP contribution is 2.36. The number of carbonyl (C=O) groups is 3. The van der Waals surface area contributed by atoms with E-state index in [0.717, 1.165) is 24.2 Å². The molecule has 11 nitrogen and oxygen atoms in total. The van der Waals surface area contributed by atoms with Crippen LogP contribution in [0.3, 0.4) is 0 Å². The average molecular weight is 547 g/mol. The molecule has 0 aliphatic carbocycles. The first-order chi connectivity index (χ1) is 19.1. The minimum absolute atomic E-state index is 0.117. The number of fused-ring (bicyclic) bond motifs is 3. The first-order valence-corrected chi connectivity index (χ1v) is 13.6. The summed E-state index contributed by atoms with van der Waals surface area (Å²) in [6.45, 7) is 7.50. The van der Waals surface area contributed by atoms with Crippen molar-refractivity contribution in [3.05, 3.63) is 54.4 Å². The summed E-state index contributed by atoms with van der Waals surface area (Å²) in [5.74, 6) is 1.14. The van der Waals surface area contributed by atoms with E-state index in [4.69, 9.17) is 9.47 Å². The van der Waals surface area contributed by atoms with Gasteiger partial charge in [0.25, 0.3) is 0 Å². The zero-order valence-electron chi connectivity index (χ0n) is 23.2. The van der Waals surface area contributed by atoms with Gasteiger partial charge in [-0.25, -0.2) is 14.6 Å². The van der Waals surface area contributed by atoms with Crippen molar-refractivity contribution in [1.82, 2.24) is 19.2 Å². The van der Waals surface area contributed by atoms with Crippen LogP contribution in [0.2, 0.25) is 0 Å². The second-order valence-corrected chi connectivity index (χ2v) is 11.6. The number of ether oxygens (including phenoxy) is 2. The van der Waals surface area contributed by atoms with Gasteiger partial charge in [0.2, 0.25) is 5.91 Å².